The smallest absolute Gasteiger partial charge is 0.118 e. The third kappa shape index (κ3) is 4.27. The van der Waals surface area contributed by atoms with Crippen molar-refractivity contribution in [1.82, 2.24) is 5.32 Å². The molecular formula is C16H18ClNO. The number of halogens is 1. The zero-order valence-electron chi connectivity index (χ0n) is 11.0. The molecule has 100 valence electrons. The van der Waals surface area contributed by atoms with E-state index in [-0.39, 0.29) is 0 Å². The second-order valence-corrected chi connectivity index (χ2v) is 4.77. The van der Waals surface area contributed by atoms with Crippen LogP contribution < -0.4 is 10.1 Å². The number of rotatable bonds is 6. The largest absolute Gasteiger partial charge is 0.497 e. The first-order valence-electron chi connectivity index (χ1n) is 6.36. The van der Waals surface area contributed by atoms with Gasteiger partial charge in [-0.25, -0.2) is 0 Å². The van der Waals surface area contributed by atoms with Gasteiger partial charge in [-0.2, -0.15) is 0 Å². The summed E-state index contributed by atoms with van der Waals surface area (Å²) in [6.45, 7) is 1.73. The van der Waals surface area contributed by atoms with Crippen LogP contribution in [0.5, 0.6) is 5.75 Å². The fourth-order valence-electron chi connectivity index (χ4n) is 1.89. The Morgan fingerprint density at radius 1 is 1.05 bits per heavy atom. The van der Waals surface area contributed by atoms with Crippen LogP contribution in [0.25, 0.3) is 0 Å². The van der Waals surface area contributed by atoms with E-state index in [1.165, 1.54) is 5.56 Å². The standard InChI is InChI=1S/C16H18ClNO/c1-19-15-8-6-13(7-9-15)10-11-18-12-14-4-2-3-5-16(14)17/h2-9,18H,10-12H2,1H3. The molecule has 0 unspecified atom stereocenters. The number of ether oxygens (including phenoxy) is 1. The summed E-state index contributed by atoms with van der Waals surface area (Å²) < 4.78 is 5.14. The van der Waals surface area contributed by atoms with Crippen molar-refractivity contribution in [2.75, 3.05) is 13.7 Å². The molecule has 0 saturated carbocycles. The highest BCUT2D eigenvalue weighted by atomic mass is 35.5. The first kappa shape index (κ1) is 13.9. The van der Waals surface area contributed by atoms with Gasteiger partial charge < -0.3 is 10.1 Å². The van der Waals surface area contributed by atoms with Gasteiger partial charge in [0.25, 0.3) is 0 Å². The maximum atomic E-state index is 6.10. The maximum absolute atomic E-state index is 6.10. The van der Waals surface area contributed by atoms with Gasteiger partial charge in [0.15, 0.2) is 0 Å². The SMILES string of the molecule is COc1ccc(CCNCc2ccccc2Cl)cc1. The third-order valence-corrected chi connectivity index (χ3v) is 3.39. The van der Waals surface area contributed by atoms with Gasteiger partial charge in [0, 0.05) is 11.6 Å². The highest BCUT2D eigenvalue weighted by Crippen LogP contribution is 2.14. The minimum Gasteiger partial charge on any atom is -0.497 e. The molecule has 0 saturated heterocycles. The Kier molecular flexibility index (Phi) is 5.25. The molecule has 19 heavy (non-hydrogen) atoms. The lowest BCUT2D eigenvalue weighted by molar-refractivity contribution is 0.414. The number of hydrogen-bond acceptors (Lipinski definition) is 2. The zero-order valence-corrected chi connectivity index (χ0v) is 11.8. The predicted molar refractivity (Wildman–Crippen MR) is 79.9 cm³/mol. The highest BCUT2D eigenvalue weighted by Gasteiger charge is 1.98. The Balaban J connectivity index is 1.76. The van der Waals surface area contributed by atoms with E-state index in [1.54, 1.807) is 7.11 Å². The molecule has 2 rings (SSSR count). The van der Waals surface area contributed by atoms with E-state index in [2.05, 4.69) is 17.4 Å². The fraction of sp³-hybridized carbons (Fsp3) is 0.250. The highest BCUT2D eigenvalue weighted by molar-refractivity contribution is 6.31. The minimum atomic E-state index is 0.801. The maximum Gasteiger partial charge on any atom is 0.118 e. The Bertz CT molecular complexity index is 510. The van der Waals surface area contributed by atoms with Crippen molar-refractivity contribution in [1.29, 1.82) is 0 Å². The van der Waals surface area contributed by atoms with E-state index in [4.69, 9.17) is 16.3 Å². The molecule has 0 aliphatic carbocycles. The van der Waals surface area contributed by atoms with Crippen LogP contribution in [0.4, 0.5) is 0 Å². The lowest BCUT2D eigenvalue weighted by atomic mass is 10.1. The van der Waals surface area contributed by atoms with Crippen LogP contribution in [-0.4, -0.2) is 13.7 Å². The average Bonchev–Trinajstić information content (AvgIpc) is 2.46. The lowest BCUT2D eigenvalue weighted by Gasteiger charge is -2.07. The summed E-state index contributed by atoms with van der Waals surface area (Å²) in [5, 5.41) is 4.22. The Hall–Kier alpha value is -1.51. The van der Waals surface area contributed by atoms with Crippen LogP contribution >= 0.6 is 11.6 Å². The Labute approximate surface area is 119 Å². The molecule has 0 aliphatic heterocycles. The molecule has 2 nitrogen and oxygen atoms in total. The van der Waals surface area contributed by atoms with Gasteiger partial charge in [-0.05, 0) is 42.3 Å². The van der Waals surface area contributed by atoms with Crippen molar-refractivity contribution in [3.8, 4) is 5.75 Å². The summed E-state index contributed by atoms with van der Waals surface area (Å²) in [6.07, 6.45) is 0.994. The van der Waals surface area contributed by atoms with Gasteiger partial charge in [-0.3, -0.25) is 0 Å². The number of hydrogen-bond donors (Lipinski definition) is 1. The first-order chi connectivity index (χ1) is 9.29. The summed E-state index contributed by atoms with van der Waals surface area (Å²) in [5.74, 6) is 0.896. The van der Waals surface area contributed by atoms with E-state index >= 15 is 0 Å². The van der Waals surface area contributed by atoms with Crippen LogP contribution in [0, 0.1) is 0 Å². The molecule has 1 N–H and O–H groups in total. The Morgan fingerprint density at radius 3 is 2.47 bits per heavy atom. The van der Waals surface area contributed by atoms with E-state index in [0.29, 0.717) is 0 Å². The van der Waals surface area contributed by atoms with Crippen molar-refractivity contribution in [3.05, 3.63) is 64.7 Å². The first-order valence-corrected chi connectivity index (χ1v) is 6.74. The lowest BCUT2D eigenvalue weighted by Crippen LogP contribution is -2.16. The van der Waals surface area contributed by atoms with Gasteiger partial charge in [0.2, 0.25) is 0 Å². The molecule has 2 aromatic rings. The number of benzene rings is 2. The zero-order chi connectivity index (χ0) is 13.5. The second-order valence-electron chi connectivity index (χ2n) is 4.37. The van der Waals surface area contributed by atoms with Gasteiger partial charge in [0.1, 0.15) is 5.75 Å². The monoisotopic (exact) mass is 275 g/mol. The average molecular weight is 276 g/mol. The minimum absolute atomic E-state index is 0.801. The predicted octanol–water partition coefficient (Wildman–Crippen LogP) is 3.68. The molecule has 0 atom stereocenters. The van der Waals surface area contributed by atoms with Crippen LogP contribution in [0.2, 0.25) is 5.02 Å². The van der Waals surface area contributed by atoms with Crippen LogP contribution in [0.1, 0.15) is 11.1 Å². The van der Waals surface area contributed by atoms with E-state index < -0.39 is 0 Å². The van der Waals surface area contributed by atoms with Gasteiger partial charge >= 0.3 is 0 Å². The fourth-order valence-corrected chi connectivity index (χ4v) is 2.09. The molecule has 3 heteroatoms. The van der Waals surface area contributed by atoms with Gasteiger partial charge in [0.05, 0.1) is 7.11 Å². The molecule has 2 aromatic carbocycles. The molecule has 0 amide bonds. The number of methoxy groups -OCH3 is 1. The van der Waals surface area contributed by atoms with Crippen molar-refractivity contribution in [2.24, 2.45) is 0 Å². The van der Waals surface area contributed by atoms with Crippen molar-refractivity contribution >= 4 is 11.6 Å². The molecular weight excluding hydrogens is 258 g/mol. The number of nitrogens with one attached hydrogen (secondary N) is 1. The van der Waals surface area contributed by atoms with Crippen LogP contribution in [-0.2, 0) is 13.0 Å². The summed E-state index contributed by atoms with van der Waals surface area (Å²) >= 11 is 6.10. The van der Waals surface area contributed by atoms with Crippen LogP contribution in [0.15, 0.2) is 48.5 Å². The molecule has 0 aromatic heterocycles. The summed E-state index contributed by atoms with van der Waals surface area (Å²) in [4.78, 5) is 0. The van der Waals surface area contributed by atoms with E-state index in [1.807, 2.05) is 36.4 Å². The molecule has 0 bridgehead atoms. The van der Waals surface area contributed by atoms with Crippen molar-refractivity contribution in [3.63, 3.8) is 0 Å². The van der Waals surface area contributed by atoms with Crippen LogP contribution in [0.3, 0.4) is 0 Å². The molecule has 0 spiro atoms. The molecule has 0 heterocycles. The summed E-state index contributed by atoms with van der Waals surface area (Å²) in [5.41, 5.74) is 2.44. The second kappa shape index (κ2) is 7.17. The summed E-state index contributed by atoms with van der Waals surface area (Å²) in [7, 11) is 1.68. The van der Waals surface area contributed by atoms with Crippen molar-refractivity contribution < 1.29 is 4.74 Å². The van der Waals surface area contributed by atoms with E-state index in [0.717, 1.165) is 35.8 Å². The molecule has 0 fully saturated rings. The topological polar surface area (TPSA) is 21.3 Å². The molecule has 0 radical (unpaired) electrons. The molecule has 0 aliphatic rings. The van der Waals surface area contributed by atoms with Crippen molar-refractivity contribution in [2.45, 2.75) is 13.0 Å². The Morgan fingerprint density at radius 2 is 1.79 bits per heavy atom. The van der Waals surface area contributed by atoms with Gasteiger partial charge in [-0.15, -0.1) is 0 Å². The quantitative estimate of drug-likeness (QED) is 0.812. The van der Waals surface area contributed by atoms with Gasteiger partial charge in [-0.1, -0.05) is 41.9 Å². The summed E-state index contributed by atoms with van der Waals surface area (Å²) in [6, 6.07) is 16.1. The van der Waals surface area contributed by atoms with E-state index in [9.17, 15) is 0 Å². The normalized spacial score (nSPS) is 10.4. The third-order valence-electron chi connectivity index (χ3n) is 3.02.